The lowest BCUT2D eigenvalue weighted by atomic mass is 10.1. The maximum absolute atomic E-state index is 13.2. The van der Waals surface area contributed by atoms with Gasteiger partial charge in [-0.15, -0.1) is 0 Å². The predicted octanol–water partition coefficient (Wildman–Crippen LogP) is 4.07. The van der Waals surface area contributed by atoms with Crippen LogP contribution in [0, 0.1) is 0 Å². The molecule has 1 aromatic heterocycles. The van der Waals surface area contributed by atoms with E-state index in [-0.39, 0.29) is 5.82 Å². The third-order valence-electron chi connectivity index (χ3n) is 5.10. The lowest BCUT2D eigenvalue weighted by Crippen LogP contribution is -2.46. The van der Waals surface area contributed by atoms with Crippen molar-refractivity contribution in [2.24, 2.45) is 0 Å². The molecule has 0 radical (unpaired) electrons. The Labute approximate surface area is 177 Å². The summed E-state index contributed by atoms with van der Waals surface area (Å²) in [4.78, 5) is 25.1. The van der Waals surface area contributed by atoms with Gasteiger partial charge in [-0.1, -0.05) is 30.3 Å². The summed E-state index contributed by atoms with van der Waals surface area (Å²) in [7, 11) is 0. The smallest absolute Gasteiger partial charge is 0.368 e. The summed E-state index contributed by atoms with van der Waals surface area (Å²) >= 11 is 0. The van der Waals surface area contributed by atoms with Gasteiger partial charge in [0, 0.05) is 37.9 Å². The monoisotopic (exact) mass is 427 g/mol. The van der Waals surface area contributed by atoms with E-state index in [1.807, 2.05) is 18.2 Å². The standard InChI is InChI=1S/C22H20F3N5O/c23-22(24,25)18-9-5-4-8-17(18)21(31)28-19-14-20(27-15-26-19)30-12-10-29(11-13-30)16-6-2-1-3-7-16/h1-9,14-15H,10-13H2,(H,26,27,28,31). The van der Waals surface area contributed by atoms with E-state index in [1.165, 1.54) is 18.5 Å². The number of carbonyl (C=O) groups is 1. The van der Waals surface area contributed by atoms with Gasteiger partial charge in [0.05, 0.1) is 11.1 Å². The normalized spacial score (nSPS) is 14.4. The number of nitrogens with one attached hydrogen (secondary N) is 1. The van der Waals surface area contributed by atoms with Crippen LogP contribution in [0.25, 0.3) is 0 Å². The van der Waals surface area contributed by atoms with Crippen LogP contribution in [0.5, 0.6) is 0 Å². The molecule has 0 atom stereocenters. The van der Waals surface area contributed by atoms with Crippen LogP contribution in [0.2, 0.25) is 0 Å². The Morgan fingerprint density at radius 3 is 2.23 bits per heavy atom. The van der Waals surface area contributed by atoms with Gasteiger partial charge in [0.2, 0.25) is 0 Å². The van der Waals surface area contributed by atoms with Crippen molar-refractivity contribution in [3.63, 3.8) is 0 Å². The van der Waals surface area contributed by atoms with E-state index in [0.29, 0.717) is 5.82 Å². The van der Waals surface area contributed by atoms with Gasteiger partial charge >= 0.3 is 6.18 Å². The van der Waals surface area contributed by atoms with Gasteiger partial charge in [-0.2, -0.15) is 13.2 Å². The summed E-state index contributed by atoms with van der Waals surface area (Å²) in [5, 5.41) is 2.46. The number of hydrogen-bond donors (Lipinski definition) is 1. The quantitative estimate of drug-likeness (QED) is 0.680. The second-order valence-electron chi connectivity index (χ2n) is 7.07. The lowest BCUT2D eigenvalue weighted by Gasteiger charge is -2.36. The minimum absolute atomic E-state index is 0.150. The summed E-state index contributed by atoms with van der Waals surface area (Å²) in [6.45, 7) is 3.04. The van der Waals surface area contributed by atoms with E-state index in [4.69, 9.17) is 0 Å². The van der Waals surface area contributed by atoms with Crippen molar-refractivity contribution in [3.8, 4) is 0 Å². The number of hydrogen-bond acceptors (Lipinski definition) is 5. The molecule has 2 heterocycles. The minimum atomic E-state index is -4.62. The average molecular weight is 427 g/mol. The van der Waals surface area contributed by atoms with Crippen molar-refractivity contribution in [2.45, 2.75) is 6.18 Å². The summed E-state index contributed by atoms with van der Waals surface area (Å²) in [6.07, 6.45) is -3.33. The molecular weight excluding hydrogens is 407 g/mol. The molecular formula is C22H20F3N5O. The number of piperazine rings is 1. The topological polar surface area (TPSA) is 61.4 Å². The number of alkyl halides is 3. The molecule has 1 amide bonds. The van der Waals surface area contributed by atoms with Gasteiger partial charge in [-0.3, -0.25) is 4.79 Å². The molecule has 4 rings (SSSR count). The first-order valence-electron chi connectivity index (χ1n) is 9.76. The molecule has 0 aliphatic carbocycles. The summed E-state index contributed by atoms with van der Waals surface area (Å²) in [5.74, 6) is -0.106. The highest BCUT2D eigenvalue weighted by molar-refractivity contribution is 6.05. The van der Waals surface area contributed by atoms with E-state index in [9.17, 15) is 18.0 Å². The number of carbonyl (C=O) groups excluding carboxylic acids is 1. The Morgan fingerprint density at radius 2 is 1.52 bits per heavy atom. The Morgan fingerprint density at radius 1 is 0.871 bits per heavy atom. The minimum Gasteiger partial charge on any atom is -0.368 e. The molecule has 1 fully saturated rings. The third-order valence-corrected chi connectivity index (χ3v) is 5.10. The molecule has 160 valence electrons. The molecule has 2 aromatic carbocycles. The Kier molecular flexibility index (Phi) is 5.75. The highest BCUT2D eigenvalue weighted by Crippen LogP contribution is 2.32. The molecule has 0 spiro atoms. The highest BCUT2D eigenvalue weighted by Gasteiger charge is 2.35. The third kappa shape index (κ3) is 4.76. The molecule has 31 heavy (non-hydrogen) atoms. The molecule has 6 nitrogen and oxygen atoms in total. The fourth-order valence-electron chi connectivity index (χ4n) is 3.53. The van der Waals surface area contributed by atoms with E-state index < -0.39 is 23.2 Å². The second-order valence-corrected chi connectivity index (χ2v) is 7.07. The zero-order chi connectivity index (χ0) is 21.8. The predicted molar refractivity (Wildman–Crippen MR) is 112 cm³/mol. The van der Waals surface area contributed by atoms with E-state index in [0.717, 1.165) is 44.0 Å². The van der Waals surface area contributed by atoms with Gasteiger partial charge in [0.15, 0.2) is 0 Å². The molecule has 1 saturated heterocycles. The molecule has 9 heteroatoms. The number of nitrogens with zero attached hydrogens (tertiary/aromatic N) is 4. The van der Waals surface area contributed by atoms with Crippen molar-refractivity contribution in [1.29, 1.82) is 0 Å². The van der Waals surface area contributed by atoms with Crippen LogP contribution >= 0.6 is 0 Å². The van der Waals surface area contributed by atoms with Crippen LogP contribution in [-0.2, 0) is 6.18 Å². The largest absolute Gasteiger partial charge is 0.417 e. The van der Waals surface area contributed by atoms with Crippen molar-refractivity contribution in [2.75, 3.05) is 41.3 Å². The van der Waals surface area contributed by atoms with E-state index >= 15 is 0 Å². The van der Waals surface area contributed by atoms with Crippen LogP contribution in [-0.4, -0.2) is 42.1 Å². The maximum Gasteiger partial charge on any atom is 0.417 e. The number of rotatable bonds is 4. The van der Waals surface area contributed by atoms with E-state index in [2.05, 4.69) is 37.2 Å². The fraction of sp³-hybridized carbons (Fsp3) is 0.227. The number of anilines is 3. The SMILES string of the molecule is O=C(Nc1cc(N2CCN(c3ccccc3)CC2)ncn1)c1ccccc1C(F)(F)F. The molecule has 0 bridgehead atoms. The molecule has 3 aromatic rings. The van der Waals surface area contributed by atoms with Gasteiger partial charge < -0.3 is 15.1 Å². The van der Waals surface area contributed by atoms with Crippen LogP contribution in [0.4, 0.5) is 30.5 Å². The van der Waals surface area contributed by atoms with Gasteiger partial charge in [0.1, 0.15) is 18.0 Å². The zero-order valence-corrected chi connectivity index (χ0v) is 16.5. The summed E-state index contributed by atoms with van der Waals surface area (Å²) in [6, 6.07) is 16.3. The van der Waals surface area contributed by atoms with Crippen molar-refractivity contribution < 1.29 is 18.0 Å². The van der Waals surface area contributed by atoms with Crippen LogP contribution in [0.15, 0.2) is 67.0 Å². The van der Waals surface area contributed by atoms with Gasteiger partial charge in [-0.05, 0) is 24.3 Å². The summed E-state index contributed by atoms with van der Waals surface area (Å²) in [5.41, 5.74) is -0.286. The number of amides is 1. The molecule has 1 aliphatic heterocycles. The first-order chi connectivity index (χ1) is 14.9. The highest BCUT2D eigenvalue weighted by atomic mass is 19.4. The maximum atomic E-state index is 13.2. The Bertz CT molecular complexity index is 1050. The number of benzene rings is 2. The fourth-order valence-corrected chi connectivity index (χ4v) is 3.53. The Balaban J connectivity index is 1.45. The zero-order valence-electron chi connectivity index (χ0n) is 16.5. The van der Waals surface area contributed by atoms with Crippen LogP contribution < -0.4 is 15.1 Å². The summed E-state index contributed by atoms with van der Waals surface area (Å²) < 4.78 is 39.6. The van der Waals surface area contributed by atoms with Crippen LogP contribution in [0.1, 0.15) is 15.9 Å². The van der Waals surface area contributed by atoms with Crippen LogP contribution in [0.3, 0.4) is 0 Å². The average Bonchev–Trinajstić information content (AvgIpc) is 2.79. The first-order valence-corrected chi connectivity index (χ1v) is 9.76. The van der Waals surface area contributed by atoms with Gasteiger partial charge in [-0.25, -0.2) is 9.97 Å². The molecule has 0 unspecified atom stereocenters. The lowest BCUT2D eigenvalue weighted by molar-refractivity contribution is -0.137. The molecule has 0 saturated carbocycles. The second kappa shape index (κ2) is 8.63. The Hall–Kier alpha value is -3.62. The number of halogens is 3. The van der Waals surface area contributed by atoms with Crippen molar-refractivity contribution in [3.05, 3.63) is 78.1 Å². The van der Waals surface area contributed by atoms with E-state index in [1.54, 1.807) is 6.07 Å². The number of para-hydroxylation sites is 1. The van der Waals surface area contributed by atoms with Gasteiger partial charge in [0.25, 0.3) is 5.91 Å². The van der Waals surface area contributed by atoms with Crippen molar-refractivity contribution >= 4 is 23.2 Å². The first kappa shape index (κ1) is 20.6. The molecule has 1 aliphatic rings. The van der Waals surface area contributed by atoms with Crippen molar-refractivity contribution in [1.82, 2.24) is 9.97 Å². The molecule has 1 N–H and O–H groups in total. The number of aromatic nitrogens is 2.